The number of esters is 1. The Balaban J connectivity index is 1.58. The zero-order valence-corrected chi connectivity index (χ0v) is 16.2. The number of fused-ring (bicyclic) bond motifs is 1. The minimum Gasteiger partial charge on any atom is -0.463 e. The number of nitrogens with two attached hydrogens (primary N) is 1. The molecule has 150 valence electrons. The second-order valence-corrected chi connectivity index (χ2v) is 8.91. The molecule has 3 fully saturated rings. The molecule has 6 nitrogen and oxygen atoms in total. The molecule has 0 radical (unpaired) electrons. The number of carbonyl (C=O) groups is 1. The number of hydrogen-bond donors (Lipinski definition) is 4. The van der Waals surface area contributed by atoms with E-state index in [1.54, 1.807) is 0 Å². The largest absolute Gasteiger partial charge is 0.463 e. The van der Waals surface area contributed by atoms with Gasteiger partial charge in [0.15, 0.2) is 0 Å². The number of rotatable bonds is 6. The molecule has 0 aromatic heterocycles. The first-order valence-corrected chi connectivity index (χ1v) is 10.7. The summed E-state index contributed by atoms with van der Waals surface area (Å²) >= 11 is 6.37. The van der Waals surface area contributed by atoms with Crippen LogP contribution in [0, 0.1) is 11.8 Å². The first-order chi connectivity index (χ1) is 12.6. The smallest absolute Gasteiger partial charge is 0.310 e. The van der Waals surface area contributed by atoms with E-state index in [2.05, 4.69) is 10.6 Å². The van der Waals surface area contributed by atoms with Crippen LogP contribution in [0.15, 0.2) is 0 Å². The monoisotopic (exact) mass is 389 g/mol. The van der Waals surface area contributed by atoms with Gasteiger partial charge in [-0.05, 0) is 25.7 Å². The Kier molecular flexibility index (Phi) is 7.58. The van der Waals surface area contributed by atoms with Crippen molar-refractivity contribution in [1.82, 2.24) is 5.32 Å². The highest BCUT2D eigenvalue weighted by molar-refractivity contribution is 6.20. The molecule has 3 aliphatic rings. The van der Waals surface area contributed by atoms with Crippen molar-refractivity contribution >= 4 is 17.6 Å². The number of alkyl halides is 1. The number of aliphatic hydroxyl groups excluding tert-OH is 2. The standard InChI is InChI=1S/C19H33ClN2O4/c20-12-5-6-14-17(7-8-21-18(14)9-12)22-16-4-2-1-3-15(16)19(25)26-11-13(24)10-23/h12-18,21-24H,1-11H2/p+1. The fourth-order valence-corrected chi connectivity index (χ4v) is 5.41. The van der Waals surface area contributed by atoms with E-state index in [1.165, 1.54) is 0 Å². The van der Waals surface area contributed by atoms with Gasteiger partial charge >= 0.3 is 5.97 Å². The molecule has 5 N–H and O–H groups in total. The van der Waals surface area contributed by atoms with Crippen molar-refractivity contribution in [3.8, 4) is 0 Å². The van der Waals surface area contributed by atoms with Crippen LogP contribution in [0.1, 0.15) is 51.4 Å². The quantitative estimate of drug-likeness (QED) is 0.383. The van der Waals surface area contributed by atoms with Crippen LogP contribution in [0.3, 0.4) is 0 Å². The summed E-state index contributed by atoms with van der Waals surface area (Å²) in [5.41, 5.74) is 0. The zero-order chi connectivity index (χ0) is 18.5. The van der Waals surface area contributed by atoms with Crippen LogP contribution in [0.5, 0.6) is 0 Å². The van der Waals surface area contributed by atoms with Gasteiger partial charge in [0.2, 0.25) is 0 Å². The van der Waals surface area contributed by atoms with E-state index in [0.717, 1.165) is 57.9 Å². The lowest BCUT2D eigenvalue weighted by Crippen LogP contribution is -2.95. The number of quaternary nitrogens is 1. The highest BCUT2D eigenvalue weighted by atomic mass is 35.5. The molecule has 2 saturated carbocycles. The molecule has 0 bridgehead atoms. The Morgan fingerprint density at radius 3 is 2.81 bits per heavy atom. The maximum Gasteiger partial charge on any atom is 0.310 e. The maximum atomic E-state index is 12.5. The second kappa shape index (κ2) is 9.69. The molecule has 7 atom stereocenters. The highest BCUT2D eigenvalue weighted by Crippen LogP contribution is 2.33. The van der Waals surface area contributed by atoms with Gasteiger partial charge in [0.1, 0.15) is 12.7 Å². The summed E-state index contributed by atoms with van der Waals surface area (Å²) in [5.74, 6) is 0.245. The van der Waals surface area contributed by atoms with Crippen LogP contribution in [-0.2, 0) is 9.53 Å². The molecule has 0 amide bonds. The Morgan fingerprint density at radius 2 is 2.00 bits per heavy atom. The number of carbonyl (C=O) groups excluding carboxylic acids is 1. The number of hydrogen-bond acceptors (Lipinski definition) is 5. The summed E-state index contributed by atoms with van der Waals surface area (Å²) in [6.07, 6.45) is 7.49. The van der Waals surface area contributed by atoms with Crippen LogP contribution < -0.4 is 10.6 Å². The van der Waals surface area contributed by atoms with Gasteiger partial charge in [-0.3, -0.25) is 4.79 Å². The van der Waals surface area contributed by atoms with Crippen molar-refractivity contribution in [1.29, 1.82) is 0 Å². The van der Waals surface area contributed by atoms with Crippen LogP contribution in [0.4, 0.5) is 0 Å². The summed E-state index contributed by atoms with van der Waals surface area (Å²) in [6, 6.07) is 1.21. The van der Waals surface area contributed by atoms with Crippen molar-refractivity contribution in [3.05, 3.63) is 0 Å². The molecule has 3 rings (SSSR count). The summed E-state index contributed by atoms with van der Waals surface area (Å²) in [6.45, 7) is 0.606. The van der Waals surface area contributed by atoms with E-state index in [4.69, 9.17) is 21.4 Å². The number of halogens is 1. The van der Waals surface area contributed by atoms with Gasteiger partial charge in [-0.25, -0.2) is 0 Å². The minimum absolute atomic E-state index is 0.126. The Morgan fingerprint density at radius 1 is 1.19 bits per heavy atom. The SMILES string of the molecule is O=C(OCC(O)CO)C1CCCCC1NC1CC[NH2+]C2CC(Cl)CCC12. The van der Waals surface area contributed by atoms with E-state index >= 15 is 0 Å². The van der Waals surface area contributed by atoms with Gasteiger partial charge in [-0.2, -0.15) is 0 Å². The third kappa shape index (κ3) is 5.10. The van der Waals surface area contributed by atoms with E-state index in [-0.39, 0.29) is 31.1 Å². The maximum absolute atomic E-state index is 12.5. The predicted molar refractivity (Wildman–Crippen MR) is 98.9 cm³/mol. The van der Waals surface area contributed by atoms with Crippen molar-refractivity contribution in [3.63, 3.8) is 0 Å². The van der Waals surface area contributed by atoms with Crippen molar-refractivity contribution in [2.75, 3.05) is 19.8 Å². The molecule has 7 heteroatoms. The number of nitrogens with one attached hydrogen (secondary N) is 1. The molecule has 0 spiro atoms. The Bertz CT molecular complexity index is 467. The van der Waals surface area contributed by atoms with Gasteiger partial charge < -0.3 is 25.6 Å². The third-order valence-electron chi connectivity index (χ3n) is 6.48. The molecule has 0 aromatic rings. The van der Waals surface area contributed by atoms with Gasteiger partial charge in [0, 0.05) is 36.2 Å². The van der Waals surface area contributed by atoms with Gasteiger partial charge in [-0.1, -0.05) is 12.8 Å². The zero-order valence-electron chi connectivity index (χ0n) is 15.5. The first-order valence-electron chi connectivity index (χ1n) is 10.3. The molecule has 1 heterocycles. The fourth-order valence-electron chi connectivity index (χ4n) is 5.08. The van der Waals surface area contributed by atoms with Crippen molar-refractivity contribution in [2.45, 2.75) is 81.0 Å². The molecule has 26 heavy (non-hydrogen) atoms. The lowest BCUT2D eigenvalue weighted by molar-refractivity contribution is -0.708. The van der Waals surface area contributed by atoms with Crippen LogP contribution in [0.2, 0.25) is 0 Å². The Labute approximate surface area is 161 Å². The molecule has 2 aliphatic carbocycles. The van der Waals surface area contributed by atoms with E-state index in [1.807, 2.05) is 0 Å². The van der Waals surface area contributed by atoms with Crippen molar-refractivity contribution < 1.29 is 25.1 Å². The van der Waals surface area contributed by atoms with Crippen molar-refractivity contribution in [2.24, 2.45) is 11.8 Å². The summed E-state index contributed by atoms with van der Waals surface area (Å²) < 4.78 is 5.26. The number of piperidine rings is 1. The number of ether oxygens (including phenoxy) is 1. The minimum atomic E-state index is -0.991. The lowest BCUT2D eigenvalue weighted by atomic mass is 9.75. The Hall–Kier alpha value is -0.400. The van der Waals surface area contributed by atoms with Gasteiger partial charge in [0.05, 0.1) is 25.1 Å². The van der Waals surface area contributed by atoms with E-state index in [9.17, 15) is 9.90 Å². The van der Waals surface area contributed by atoms with Crippen LogP contribution in [-0.4, -0.2) is 65.5 Å². The molecular formula is C19H34ClN2O4+. The fraction of sp³-hybridized carbons (Fsp3) is 0.947. The van der Waals surface area contributed by atoms with Crippen LogP contribution in [0.25, 0.3) is 0 Å². The first kappa shape index (κ1) is 20.3. The normalized spacial score (nSPS) is 39.0. The molecule has 0 aromatic carbocycles. The molecular weight excluding hydrogens is 356 g/mol. The van der Waals surface area contributed by atoms with Gasteiger partial charge in [-0.15, -0.1) is 11.6 Å². The van der Waals surface area contributed by atoms with E-state index in [0.29, 0.717) is 23.4 Å². The summed E-state index contributed by atoms with van der Waals surface area (Å²) in [4.78, 5) is 12.5. The number of aliphatic hydroxyl groups is 2. The third-order valence-corrected chi connectivity index (χ3v) is 6.88. The predicted octanol–water partition coefficient (Wildman–Crippen LogP) is 0.143. The van der Waals surface area contributed by atoms with E-state index < -0.39 is 6.10 Å². The highest BCUT2D eigenvalue weighted by Gasteiger charge is 2.42. The average molecular weight is 390 g/mol. The van der Waals surface area contributed by atoms with Crippen LogP contribution >= 0.6 is 11.6 Å². The topological polar surface area (TPSA) is 95.4 Å². The molecule has 1 aliphatic heterocycles. The average Bonchev–Trinajstić information content (AvgIpc) is 2.66. The molecule has 7 unspecified atom stereocenters. The summed E-state index contributed by atoms with van der Waals surface area (Å²) in [7, 11) is 0. The summed E-state index contributed by atoms with van der Waals surface area (Å²) in [5, 5.41) is 24.9. The molecule has 1 saturated heterocycles. The lowest BCUT2D eigenvalue weighted by Gasteiger charge is -2.43. The second-order valence-electron chi connectivity index (χ2n) is 8.29. The van der Waals surface area contributed by atoms with Gasteiger partial charge in [0.25, 0.3) is 0 Å².